The van der Waals surface area contributed by atoms with Crippen LogP contribution in [0.4, 0.5) is 0 Å². The SMILES string of the molecule is Cc1cc(P(C)c2ccc(SC(C)(C)C)c(C)c2)ccc1SC(C)(C)C. The lowest BCUT2D eigenvalue weighted by Gasteiger charge is -2.22. The van der Waals surface area contributed by atoms with E-state index >= 15 is 0 Å². The van der Waals surface area contributed by atoms with Crippen LogP contribution in [0.15, 0.2) is 46.2 Å². The van der Waals surface area contributed by atoms with Gasteiger partial charge in [0.25, 0.3) is 0 Å². The van der Waals surface area contributed by atoms with Gasteiger partial charge >= 0.3 is 0 Å². The monoisotopic (exact) mass is 404 g/mol. The van der Waals surface area contributed by atoms with Crippen molar-refractivity contribution in [3.8, 4) is 0 Å². The molecule has 0 heterocycles. The molecule has 0 aliphatic heterocycles. The lowest BCUT2D eigenvalue weighted by Crippen LogP contribution is -2.13. The van der Waals surface area contributed by atoms with Crippen LogP contribution < -0.4 is 10.6 Å². The van der Waals surface area contributed by atoms with Crippen LogP contribution in [-0.4, -0.2) is 16.2 Å². The van der Waals surface area contributed by atoms with E-state index in [1.807, 2.05) is 23.5 Å². The Morgan fingerprint density at radius 2 is 1.00 bits per heavy atom. The first-order chi connectivity index (χ1) is 11.9. The molecule has 0 aliphatic rings. The summed E-state index contributed by atoms with van der Waals surface area (Å²) in [6, 6.07) is 14.1. The Kier molecular flexibility index (Phi) is 6.97. The van der Waals surface area contributed by atoms with Gasteiger partial charge in [-0.25, -0.2) is 0 Å². The third-order valence-corrected chi connectivity index (χ3v) is 8.61. The molecule has 3 heteroatoms. The van der Waals surface area contributed by atoms with Crippen LogP contribution in [0.25, 0.3) is 0 Å². The van der Waals surface area contributed by atoms with Crippen LogP contribution in [-0.2, 0) is 0 Å². The van der Waals surface area contributed by atoms with Crippen LogP contribution in [0.5, 0.6) is 0 Å². The lowest BCUT2D eigenvalue weighted by atomic mass is 10.2. The van der Waals surface area contributed by atoms with Gasteiger partial charge in [0.05, 0.1) is 0 Å². The van der Waals surface area contributed by atoms with Gasteiger partial charge in [-0.1, -0.05) is 65.8 Å². The summed E-state index contributed by atoms with van der Waals surface area (Å²) in [5.74, 6) is 0. The minimum absolute atomic E-state index is 0.251. The average Bonchev–Trinajstić information content (AvgIpc) is 2.48. The molecule has 2 rings (SSSR count). The highest BCUT2D eigenvalue weighted by molar-refractivity contribution is 8.01. The standard InChI is InChI=1S/C23H33PS2/c1-16-14-18(10-12-20(16)25-22(3,4)5)24(9)19-11-13-21(17(2)15-19)26-23(6,7)8/h10-15H,1-9H3. The van der Waals surface area contributed by atoms with Crippen LogP contribution in [0.3, 0.4) is 0 Å². The van der Waals surface area contributed by atoms with Gasteiger partial charge < -0.3 is 0 Å². The zero-order valence-corrected chi connectivity index (χ0v) is 20.3. The number of hydrogen-bond donors (Lipinski definition) is 0. The number of rotatable bonds is 4. The van der Waals surface area contributed by atoms with Crippen molar-refractivity contribution in [2.24, 2.45) is 0 Å². The second-order valence-electron chi connectivity index (χ2n) is 8.89. The Morgan fingerprint density at radius 3 is 1.27 bits per heavy atom. The van der Waals surface area contributed by atoms with Crippen LogP contribution >= 0.6 is 31.4 Å². The molecule has 0 fully saturated rings. The van der Waals surface area contributed by atoms with Crippen molar-refractivity contribution in [3.05, 3.63) is 47.5 Å². The summed E-state index contributed by atoms with van der Waals surface area (Å²) in [4.78, 5) is 2.80. The fourth-order valence-electron chi connectivity index (χ4n) is 2.72. The van der Waals surface area contributed by atoms with Gasteiger partial charge in [-0.3, -0.25) is 0 Å². The summed E-state index contributed by atoms with van der Waals surface area (Å²) in [7, 11) is -0.313. The van der Waals surface area contributed by atoms with Gasteiger partial charge in [0, 0.05) is 19.3 Å². The van der Waals surface area contributed by atoms with Crippen molar-refractivity contribution in [2.75, 3.05) is 6.66 Å². The van der Waals surface area contributed by atoms with E-state index in [2.05, 4.69) is 98.5 Å². The smallest absolute Gasteiger partial charge is 0.0122 e. The van der Waals surface area contributed by atoms with Crippen LogP contribution in [0.1, 0.15) is 52.7 Å². The van der Waals surface area contributed by atoms with E-state index in [0.717, 1.165) is 0 Å². The van der Waals surface area contributed by atoms with Crippen molar-refractivity contribution < 1.29 is 0 Å². The second-order valence-corrected chi connectivity index (χ2v) is 14.8. The number of hydrogen-bond acceptors (Lipinski definition) is 2. The predicted molar refractivity (Wildman–Crippen MR) is 126 cm³/mol. The molecule has 0 unspecified atom stereocenters. The van der Waals surface area contributed by atoms with Gasteiger partial charge in [0.15, 0.2) is 0 Å². The molecular formula is C23H33PS2. The Labute approximate surface area is 170 Å². The largest absolute Gasteiger partial charge is 0.120 e. The van der Waals surface area contributed by atoms with Crippen molar-refractivity contribution in [2.45, 2.75) is 74.7 Å². The minimum Gasteiger partial charge on any atom is -0.120 e. The van der Waals surface area contributed by atoms with Gasteiger partial charge in [-0.15, -0.1) is 23.5 Å². The van der Waals surface area contributed by atoms with Crippen LogP contribution in [0.2, 0.25) is 0 Å². The zero-order chi connectivity index (χ0) is 19.7. The van der Waals surface area contributed by atoms with Gasteiger partial charge in [-0.2, -0.15) is 0 Å². The minimum atomic E-state index is -0.313. The first-order valence-corrected chi connectivity index (χ1v) is 12.6. The fourth-order valence-corrected chi connectivity index (χ4v) is 6.42. The average molecular weight is 405 g/mol. The molecule has 0 aliphatic carbocycles. The molecule has 0 bridgehead atoms. The molecule has 0 radical (unpaired) electrons. The maximum absolute atomic E-state index is 2.40. The van der Waals surface area contributed by atoms with E-state index in [9.17, 15) is 0 Å². The highest BCUT2D eigenvalue weighted by Gasteiger charge is 2.17. The van der Waals surface area contributed by atoms with Crippen molar-refractivity contribution in [1.82, 2.24) is 0 Å². The van der Waals surface area contributed by atoms with Crippen LogP contribution in [0, 0.1) is 13.8 Å². The molecule has 0 nitrogen and oxygen atoms in total. The summed E-state index contributed by atoms with van der Waals surface area (Å²) < 4.78 is 0.502. The molecule has 0 saturated carbocycles. The highest BCUT2D eigenvalue weighted by atomic mass is 32.2. The first-order valence-electron chi connectivity index (χ1n) is 9.19. The third kappa shape index (κ3) is 6.32. The molecule has 26 heavy (non-hydrogen) atoms. The summed E-state index contributed by atoms with van der Waals surface area (Å²) in [5, 5.41) is 2.93. The molecule has 2 aromatic carbocycles. The van der Waals surface area contributed by atoms with E-state index in [0.29, 0.717) is 0 Å². The maximum Gasteiger partial charge on any atom is 0.0122 e. The number of aryl methyl sites for hydroxylation is 2. The Morgan fingerprint density at radius 1 is 0.654 bits per heavy atom. The van der Waals surface area contributed by atoms with Crippen molar-refractivity contribution in [3.63, 3.8) is 0 Å². The van der Waals surface area contributed by atoms with E-state index in [1.54, 1.807) is 0 Å². The Balaban J connectivity index is 2.25. The third-order valence-electron chi connectivity index (χ3n) is 3.92. The zero-order valence-electron chi connectivity index (χ0n) is 17.7. The summed E-state index contributed by atoms with van der Waals surface area (Å²) in [6.45, 7) is 20.5. The molecule has 0 N–H and O–H groups in total. The van der Waals surface area contributed by atoms with E-state index in [-0.39, 0.29) is 17.4 Å². The maximum atomic E-state index is 2.40. The number of thioether (sulfide) groups is 2. The topological polar surface area (TPSA) is 0 Å². The molecule has 0 amide bonds. The molecular weight excluding hydrogens is 371 g/mol. The molecule has 0 saturated heterocycles. The Hall–Kier alpha value is -0.430. The summed E-state index contributed by atoms with van der Waals surface area (Å²) in [5.41, 5.74) is 2.79. The predicted octanol–water partition coefficient (Wildman–Crippen LogP) is 7.15. The molecule has 0 atom stereocenters. The van der Waals surface area contributed by atoms with Gasteiger partial charge in [0.2, 0.25) is 0 Å². The quantitative estimate of drug-likeness (QED) is 0.392. The molecule has 2 aromatic rings. The van der Waals surface area contributed by atoms with E-state index in [1.165, 1.54) is 31.5 Å². The first kappa shape index (κ1) is 21.9. The number of benzene rings is 2. The van der Waals surface area contributed by atoms with Crippen molar-refractivity contribution >= 4 is 42.1 Å². The lowest BCUT2D eigenvalue weighted by molar-refractivity contribution is 0.802. The van der Waals surface area contributed by atoms with E-state index in [4.69, 9.17) is 0 Å². The second kappa shape index (κ2) is 8.29. The molecule has 142 valence electrons. The highest BCUT2D eigenvalue weighted by Crippen LogP contribution is 2.38. The molecule has 0 aromatic heterocycles. The van der Waals surface area contributed by atoms with Gasteiger partial charge in [-0.05, 0) is 62.3 Å². The summed E-state index contributed by atoms with van der Waals surface area (Å²) >= 11 is 3.92. The normalized spacial score (nSPS) is 12.7. The fraction of sp³-hybridized carbons (Fsp3) is 0.478. The van der Waals surface area contributed by atoms with Crippen molar-refractivity contribution in [1.29, 1.82) is 0 Å². The Bertz CT molecular complexity index is 701. The molecule has 0 spiro atoms. The van der Waals surface area contributed by atoms with E-state index < -0.39 is 0 Å². The van der Waals surface area contributed by atoms with Gasteiger partial charge in [0.1, 0.15) is 0 Å². The summed E-state index contributed by atoms with van der Waals surface area (Å²) in [6.07, 6.45) is 0.